The van der Waals surface area contributed by atoms with Crippen LogP contribution >= 0.6 is 0 Å². The van der Waals surface area contributed by atoms with Gasteiger partial charge in [-0.15, -0.1) is 47.5 Å². The monoisotopic (exact) mass is 1250 g/mol. The van der Waals surface area contributed by atoms with Crippen LogP contribution in [0.25, 0.3) is 111 Å². The summed E-state index contributed by atoms with van der Waals surface area (Å²) in [6.45, 7) is -3.19. The second-order valence-electron chi connectivity index (χ2n) is 22.2. The molecular formula is C75H68IrN4O-2. The van der Waals surface area contributed by atoms with Crippen molar-refractivity contribution in [2.24, 2.45) is 0 Å². The summed E-state index contributed by atoms with van der Waals surface area (Å²) in [7, 11) is 0. The van der Waals surface area contributed by atoms with Gasteiger partial charge < -0.3 is 13.6 Å². The van der Waals surface area contributed by atoms with Crippen molar-refractivity contribution in [2.75, 3.05) is 0 Å². The van der Waals surface area contributed by atoms with Crippen LogP contribution < -0.4 is 0 Å². The van der Waals surface area contributed by atoms with E-state index in [0.29, 0.717) is 5.56 Å². The van der Waals surface area contributed by atoms with Crippen molar-refractivity contribution in [3.8, 4) is 56.4 Å². The molecule has 0 saturated heterocycles. The van der Waals surface area contributed by atoms with Crippen LogP contribution in [0.4, 0.5) is 0 Å². The van der Waals surface area contributed by atoms with E-state index < -0.39 is 62.9 Å². The molecule has 0 atom stereocenters. The first-order valence-electron chi connectivity index (χ1n) is 35.1. The van der Waals surface area contributed by atoms with E-state index in [-0.39, 0.29) is 64.5 Å². The van der Waals surface area contributed by atoms with Gasteiger partial charge in [-0.05, 0) is 115 Å². The Balaban J connectivity index is 0.000000197. The molecule has 81 heavy (non-hydrogen) atoms. The van der Waals surface area contributed by atoms with Gasteiger partial charge in [0.25, 0.3) is 0 Å². The Labute approximate surface area is 514 Å². The Kier molecular flexibility index (Phi) is 10.1. The van der Waals surface area contributed by atoms with E-state index in [1.165, 1.54) is 63.0 Å². The molecule has 405 valence electrons. The molecule has 0 aliphatic heterocycles. The molecule has 10 aromatic carbocycles. The summed E-state index contributed by atoms with van der Waals surface area (Å²) in [5.74, 6) is -6.32. The molecule has 0 bridgehead atoms. The molecule has 0 unspecified atom stereocenters. The van der Waals surface area contributed by atoms with Crippen molar-refractivity contribution < 1.29 is 47.8 Å². The van der Waals surface area contributed by atoms with E-state index in [1.807, 2.05) is 6.07 Å². The third kappa shape index (κ3) is 10.0. The van der Waals surface area contributed by atoms with Gasteiger partial charge in [0, 0.05) is 60.2 Å². The van der Waals surface area contributed by atoms with Crippen molar-refractivity contribution in [3.05, 3.63) is 240 Å². The topological polar surface area (TPSA) is 48.8 Å². The molecule has 0 aliphatic rings. The summed E-state index contributed by atoms with van der Waals surface area (Å²) in [4.78, 5) is 10.0. The van der Waals surface area contributed by atoms with Gasteiger partial charge in [0.2, 0.25) is 0 Å². The third-order valence-electron chi connectivity index (χ3n) is 14.8. The predicted molar refractivity (Wildman–Crippen MR) is 337 cm³/mol. The van der Waals surface area contributed by atoms with Gasteiger partial charge in [0.15, 0.2) is 0 Å². The number of para-hydroxylation sites is 5. The maximum Gasteiger partial charge on any atom is 0.121 e. The number of rotatable bonds is 8. The number of benzene rings is 10. The summed E-state index contributed by atoms with van der Waals surface area (Å²) >= 11 is 0. The van der Waals surface area contributed by atoms with Gasteiger partial charge in [0.05, 0.1) is 39.3 Å². The minimum absolute atomic E-state index is 0. The molecule has 3 aromatic heterocycles. The normalized spacial score (nSPS) is 16.1. The van der Waals surface area contributed by atoms with Crippen LogP contribution in [-0.2, 0) is 30.9 Å². The van der Waals surface area contributed by atoms with E-state index in [9.17, 15) is 2.74 Å². The van der Waals surface area contributed by atoms with Crippen molar-refractivity contribution in [3.63, 3.8) is 0 Å². The minimum Gasteiger partial charge on any atom is -0.501 e. The van der Waals surface area contributed by atoms with Gasteiger partial charge in [-0.3, -0.25) is 9.97 Å². The fourth-order valence-electron chi connectivity index (χ4n) is 11.0. The van der Waals surface area contributed by atoms with Crippen LogP contribution in [-0.4, -0.2) is 19.1 Å². The van der Waals surface area contributed by atoms with E-state index in [0.717, 1.165) is 67.1 Å². The number of aromatic nitrogens is 4. The second-order valence-corrected chi connectivity index (χ2v) is 22.2. The summed E-state index contributed by atoms with van der Waals surface area (Å²) < 4.78 is 153. The van der Waals surface area contributed by atoms with Crippen LogP contribution in [0.1, 0.15) is 132 Å². The molecule has 0 spiro atoms. The first-order chi connectivity index (χ1) is 45.4. The molecule has 1 radical (unpaired) electrons. The van der Waals surface area contributed by atoms with E-state index >= 15 is 0 Å². The van der Waals surface area contributed by atoms with E-state index in [1.54, 1.807) is 42.5 Å². The zero-order chi connectivity index (χ0) is 70.0. The molecule has 0 fully saturated rings. The van der Waals surface area contributed by atoms with Gasteiger partial charge in [-0.1, -0.05) is 226 Å². The van der Waals surface area contributed by atoms with Crippen LogP contribution in [0.3, 0.4) is 0 Å². The van der Waals surface area contributed by atoms with Crippen molar-refractivity contribution >= 4 is 54.8 Å². The Morgan fingerprint density at radius 3 is 1.72 bits per heavy atom. The third-order valence-corrected chi connectivity index (χ3v) is 14.8. The van der Waals surface area contributed by atoms with Gasteiger partial charge in [0.1, 0.15) is 5.58 Å². The standard InChI is InChI=1S/C43H37N2O.C32H31N2.Ir/c1-42(2,3)33-25-29(27-15-8-7-9-16-27)26-34(43(4,5)6)39(33)45-36-22-13-12-21-35(36)44-41(45)32-20-14-19-31-38-30-18-11-10-17-28(30)23-24-37(38)46-40(31)32;1-21(2)26-14-11-15-27(22(3)4)31(26)34-30-17-10-9-16-29(30)33-32(34)25-19-18-23(5)28(20-25)24-12-7-6-8-13-24;/h7-19,21-26H,1-6H3;6-18,20-22H,1-5H3;/q2*-1;/i;1D3,2D3,3D3,4D3,5D3,21D,22D;. The maximum absolute atomic E-state index is 9.18. The van der Waals surface area contributed by atoms with Crippen LogP contribution in [0, 0.1) is 19.0 Å². The maximum atomic E-state index is 9.18. The Hall–Kier alpha value is -8.15. The Bertz CT molecular complexity index is 5040. The molecule has 13 aromatic rings. The zero-order valence-electron chi connectivity index (χ0n) is 62.6. The summed E-state index contributed by atoms with van der Waals surface area (Å²) in [6.07, 6.45) is 0. The van der Waals surface area contributed by atoms with Crippen molar-refractivity contribution in [2.45, 2.75) is 98.4 Å². The number of hydrogen-bond acceptors (Lipinski definition) is 3. The van der Waals surface area contributed by atoms with E-state index in [4.69, 9.17) is 30.0 Å². The van der Waals surface area contributed by atoms with Crippen LogP contribution in [0.5, 0.6) is 0 Å². The molecule has 0 amide bonds. The van der Waals surface area contributed by atoms with Gasteiger partial charge in [-0.25, -0.2) is 0 Å². The van der Waals surface area contributed by atoms with E-state index in [2.05, 4.69) is 172 Å². The number of nitrogens with zero attached hydrogens (tertiary/aromatic N) is 4. The summed E-state index contributed by atoms with van der Waals surface area (Å²) in [5.41, 5.74) is 9.12. The second kappa shape index (κ2) is 21.7. The summed E-state index contributed by atoms with van der Waals surface area (Å²) in [6, 6.07) is 67.6. The predicted octanol–water partition coefficient (Wildman–Crippen LogP) is 20.5. The Morgan fingerprint density at radius 2 is 1.10 bits per heavy atom. The number of furan rings is 1. The number of aryl methyl sites for hydroxylation is 1. The van der Waals surface area contributed by atoms with Crippen LogP contribution in [0.2, 0.25) is 0 Å². The molecule has 13 rings (SSSR count). The fraction of sp³-hybridized carbons (Fsp3) is 0.200. The van der Waals surface area contributed by atoms with Crippen molar-refractivity contribution in [1.82, 2.24) is 19.1 Å². The van der Waals surface area contributed by atoms with Gasteiger partial charge in [-0.2, -0.15) is 0 Å². The van der Waals surface area contributed by atoms with Gasteiger partial charge >= 0.3 is 0 Å². The van der Waals surface area contributed by atoms with Crippen LogP contribution in [0.15, 0.2) is 205 Å². The smallest absolute Gasteiger partial charge is 0.121 e. The largest absolute Gasteiger partial charge is 0.501 e. The zero-order valence-corrected chi connectivity index (χ0v) is 48.0. The molecule has 6 heteroatoms. The fourth-order valence-corrected chi connectivity index (χ4v) is 11.0. The molecule has 0 saturated carbocycles. The Morgan fingerprint density at radius 1 is 0.531 bits per heavy atom. The summed E-state index contributed by atoms with van der Waals surface area (Å²) in [5, 5.41) is 4.59. The molecule has 5 nitrogen and oxygen atoms in total. The first-order valence-corrected chi connectivity index (χ1v) is 26.6. The number of imidazole rings is 2. The molecule has 0 aliphatic carbocycles. The average molecular weight is 1250 g/mol. The molecular weight excluding hydrogens is 1170 g/mol. The average Bonchev–Trinajstić information content (AvgIpc) is 1.29. The quantitative estimate of drug-likeness (QED) is 0.142. The minimum atomic E-state index is -3.61. The number of hydrogen-bond donors (Lipinski definition) is 0. The van der Waals surface area contributed by atoms with Crippen molar-refractivity contribution in [1.29, 1.82) is 0 Å². The first kappa shape index (κ1) is 37.7. The number of fused-ring (bicyclic) bond motifs is 7. The molecule has 0 N–H and O–H groups in total. The SMILES string of the molecule is CC(C)(C)c1cc(-c2ccccc2)cc(C(C)(C)C)c1-n1c(-c2[c-]ccc3c2oc2ccc4ccccc4c23)nc2ccccc21.[2H]C([2H])([2H])c1c[c-]c(-c2nc3ccccc3n2-c2c(C([2H])(C([2H])([2H])[2H])C([2H])([2H])[2H])cccc2C([2H])(C([2H])([2H])[2H])C([2H])([2H])[2H])cc1-c1ccccc1.[Ir]. The molecule has 3 heterocycles.